The van der Waals surface area contributed by atoms with Gasteiger partial charge >= 0.3 is 0 Å². The number of rotatable bonds is 5. The van der Waals surface area contributed by atoms with Crippen LogP contribution in [0.4, 0.5) is 10.1 Å². The summed E-state index contributed by atoms with van der Waals surface area (Å²) in [5.74, 6) is -1.06. The van der Waals surface area contributed by atoms with E-state index in [9.17, 15) is 17.6 Å². The Morgan fingerprint density at radius 2 is 1.34 bits per heavy atom. The highest BCUT2D eigenvalue weighted by molar-refractivity contribution is 7.90. The number of amides is 1. The summed E-state index contributed by atoms with van der Waals surface area (Å²) in [6.45, 7) is 0. The van der Waals surface area contributed by atoms with Crippen LogP contribution in [0.3, 0.4) is 0 Å². The first-order chi connectivity index (χ1) is 15.3. The van der Waals surface area contributed by atoms with Gasteiger partial charge in [-0.15, -0.1) is 0 Å². The molecule has 0 bridgehead atoms. The van der Waals surface area contributed by atoms with E-state index in [-0.39, 0.29) is 16.3 Å². The molecule has 4 rings (SSSR count). The van der Waals surface area contributed by atoms with Gasteiger partial charge < -0.3 is 4.90 Å². The lowest BCUT2D eigenvalue weighted by Crippen LogP contribution is -2.30. The van der Waals surface area contributed by atoms with Crippen molar-refractivity contribution in [2.24, 2.45) is 0 Å². The van der Waals surface area contributed by atoms with Crippen LogP contribution in [-0.4, -0.2) is 28.4 Å². The van der Waals surface area contributed by atoms with E-state index in [1.807, 2.05) is 31.1 Å². The molecule has 0 aliphatic rings. The molecule has 1 N–H and O–H groups in total. The highest BCUT2D eigenvalue weighted by atomic mass is 32.2. The van der Waals surface area contributed by atoms with Gasteiger partial charge in [0.05, 0.1) is 4.90 Å². The average molecular weight is 449 g/mol. The molecule has 0 aliphatic heterocycles. The predicted octanol–water partition coefficient (Wildman–Crippen LogP) is 4.83. The number of nitrogens with zero attached hydrogens (tertiary/aromatic N) is 1. The Labute approximate surface area is 186 Å². The molecule has 5 nitrogen and oxygen atoms in total. The molecule has 1 amide bonds. The number of benzene rings is 4. The Hall–Kier alpha value is -3.71. The van der Waals surface area contributed by atoms with Gasteiger partial charge in [-0.3, -0.25) is 4.79 Å². The van der Waals surface area contributed by atoms with Crippen LogP contribution in [0.5, 0.6) is 0 Å². The molecular weight excluding hydrogens is 427 g/mol. The predicted molar refractivity (Wildman–Crippen MR) is 125 cm³/mol. The van der Waals surface area contributed by atoms with E-state index in [2.05, 4.69) is 4.72 Å². The standard InChI is InChI=1S/C25H21FN2O3S/c1-28(2)23-7-3-6-22-21(23)5-4-8-24(22)32(30,31)27-25(29)19-11-9-17(10-12-19)18-13-15-20(26)16-14-18/h3-16H,1-2H3,(H,27,29). The fourth-order valence-corrected chi connectivity index (χ4v) is 4.78. The van der Waals surface area contributed by atoms with Crippen LogP contribution in [0.1, 0.15) is 10.4 Å². The van der Waals surface area contributed by atoms with Crippen molar-refractivity contribution in [3.63, 3.8) is 0 Å². The Balaban J connectivity index is 1.62. The maximum atomic E-state index is 13.1. The summed E-state index contributed by atoms with van der Waals surface area (Å²) in [5, 5.41) is 1.31. The Bertz CT molecular complexity index is 1400. The van der Waals surface area contributed by atoms with Crippen molar-refractivity contribution < 1.29 is 17.6 Å². The average Bonchev–Trinajstić information content (AvgIpc) is 2.78. The Kier molecular flexibility index (Phi) is 5.67. The summed E-state index contributed by atoms with van der Waals surface area (Å²) in [7, 11) is -0.339. The van der Waals surface area contributed by atoms with Crippen molar-refractivity contribution in [1.82, 2.24) is 4.72 Å². The number of fused-ring (bicyclic) bond motifs is 1. The van der Waals surface area contributed by atoms with Crippen LogP contribution in [0.25, 0.3) is 21.9 Å². The summed E-state index contributed by atoms with van der Waals surface area (Å²) in [4.78, 5) is 14.6. The van der Waals surface area contributed by atoms with E-state index >= 15 is 0 Å². The van der Waals surface area contributed by atoms with Crippen LogP contribution < -0.4 is 9.62 Å². The molecule has 0 atom stereocenters. The number of hydrogen-bond donors (Lipinski definition) is 1. The second-order valence-corrected chi connectivity index (χ2v) is 9.19. The number of sulfonamides is 1. The van der Waals surface area contributed by atoms with Crippen LogP contribution in [-0.2, 0) is 10.0 Å². The van der Waals surface area contributed by atoms with Gasteiger partial charge in [0.15, 0.2) is 0 Å². The first kappa shape index (κ1) is 21.5. The van der Waals surface area contributed by atoms with E-state index in [1.54, 1.807) is 42.5 Å². The Morgan fingerprint density at radius 1 is 0.781 bits per heavy atom. The fraction of sp³-hybridized carbons (Fsp3) is 0.0800. The van der Waals surface area contributed by atoms with Crippen molar-refractivity contribution >= 4 is 32.4 Å². The number of carbonyl (C=O) groups excluding carboxylic acids is 1. The summed E-state index contributed by atoms with van der Waals surface area (Å²) in [5.41, 5.74) is 2.66. The minimum atomic E-state index is -4.10. The molecule has 0 aliphatic carbocycles. The van der Waals surface area contributed by atoms with Gasteiger partial charge in [0.2, 0.25) is 0 Å². The number of halogens is 1. The molecule has 0 spiro atoms. The molecule has 162 valence electrons. The third kappa shape index (κ3) is 4.20. The summed E-state index contributed by atoms with van der Waals surface area (Å²) in [6.07, 6.45) is 0. The molecule has 0 radical (unpaired) electrons. The lowest BCUT2D eigenvalue weighted by atomic mass is 10.0. The van der Waals surface area contributed by atoms with E-state index in [1.165, 1.54) is 30.3 Å². The molecule has 4 aromatic rings. The molecule has 0 unspecified atom stereocenters. The van der Waals surface area contributed by atoms with Gasteiger partial charge in [-0.25, -0.2) is 17.5 Å². The highest BCUT2D eigenvalue weighted by Crippen LogP contribution is 2.30. The molecule has 0 fully saturated rings. The SMILES string of the molecule is CN(C)c1cccc2c(S(=O)(=O)NC(=O)c3ccc(-c4ccc(F)cc4)cc3)cccc12. The lowest BCUT2D eigenvalue weighted by molar-refractivity contribution is 0.0981. The largest absolute Gasteiger partial charge is 0.377 e. The first-order valence-corrected chi connectivity index (χ1v) is 11.4. The fourth-order valence-electron chi connectivity index (χ4n) is 3.58. The van der Waals surface area contributed by atoms with Gasteiger partial charge in [-0.2, -0.15) is 0 Å². The number of carbonyl (C=O) groups is 1. The quantitative estimate of drug-likeness (QED) is 0.475. The van der Waals surface area contributed by atoms with Crippen molar-refractivity contribution in [3.8, 4) is 11.1 Å². The third-order valence-corrected chi connectivity index (χ3v) is 6.57. The zero-order valence-corrected chi connectivity index (χ0v) is 18.4. The second-order valence-electron chi connectivity index (χ2n) is 7.54. The molecule has 7 heteroatoms. The molecule has 0 heterocycles. The van der Waals surface area contributed by atoms with Gasteiger partial charge in [-0.1, -0.05) is 48.5 Å². The maximum Gasteiger partial charge on any atom is 0.264 e. The normalized spacial score (nSPS) is 11.3. The van der Waals surface area contributed by atoms with E-state index in [0.717, 1.165) is 22.2 Å². The minimum Gasteiger partial charge on any atom is -0.377 e. The minimum absolute atomic E-state index is 0.0370. The maximum absolute atomic E-state index is 13.1. The van der Waals surface area contributed by atoms with Crippen molar-refractivity contribution in [3.05, 3.63) is 96.3 Å². The monoisotopic (exact) mass is 448 g/mol. The smallest absolute Gasteiger partial charge is 0.264 e. The Morgan fingerprint density at radius 3 is 1.97 bits per heavy atom. The third-order valence-electron chi connectivity index (χ3n) is 5.18. The summed E-state index contributed by atoms with van der Waals surface area (Å²) in [6, 6.07) is 22.8. The van der Waals surface area contributed by atoms with Crippen molar-refractivity contribution in [2.75, 3.05) is 19.0 Å². The van der Waals surface area contributed by atoms with Gasteiger partial charge in [0.1, 0.15) is 5.82 Å². The molecule has 0 saturated carbocycles. The molecule has 32 heavy (non-hydrogen) atoms. The highest BCUT2D eigenvalue weighted by Gasteiger charge is 2.22. The van der Waals surface area contributed by atoms with Crippen LogP contribution >= 0.6 is 0 Å². The van der Waals surface area contributed by atoms with Crippen molar-refractivity contribution in [1.29, 1.82) is 0 Å². The molecule has 0 aromatic heterocycles. The van der Waals surface area contributed by atoms with Crippen molar-refractivity contribution in [2.45, 2.75) is 4.90 Å². The van der Waals surface area contributed by atoms with E-state index in [4.69, 9.17) is 0 Å². The zero-order valence-electron chi connectivity index (χ0n) is 17.5. The summed E-state index contributed by atoms with van der Waals surface area (Å²) < 4.78 is 41.4. The molecular formula is C25H21FN2O3S. The number of anilines is 1. The number of hydrogen-bond acceptors (Lipinski definition) is 4. The summed E-state index contributed by atoms with van der Waals surface area (Å²) >= 11 is 0. The van der Waals surface area contributed by atoms with E-state index < -0.39 is 15.9 Å². The lowest BCUT2D eigenvalue weighted by Gasteiger charge is -2.17. The second kappa shape index (κ2) is 8.43. The first-order valence-electron chi connectivity index (χ1n) is 9.88. The van der Waals surface area contributed by atoms with Crippen LogP contribution in [0, 0.1) is 5.82 Å². The van der Waals surface area contributed by atoms with Crippen LogP contribution in [0.2, 0.25) is 0 Å². The molecule has 4 aromatic carbocycles. The van der Waals surface area contributed by atoms with Crippen LogP contribution in [0.15, 0.2) is 89.8 Å². The van der Waals surface area contributed by atoms with Gasteiger partial charge in [0, 0.05) is 36.1 Å². The zero-order chi connectivity index (χ0) is 22.9. The topological polar surface area (TPSA) is 66.5 Å². The van der Waals surface area contributed by atoms with Gasteiger partial charge in [-0.05, 0) is 47.5 Å². The molecule has 0 saturated heterocycles. The van der Waals surface area contributed by atoms with E-state index in [0.29, 0.717) is 5.39 Å². The number of nitrogens with one attached hydrogen (secondary N) is 1. The van der Waals surface area contributed by atoms with Gasteiger partial charge in [0.25, 0.3) is 15.9 Å².